The number of carbonyl (C=O) groups is 2. The van der Waals surface area contributed by atoms with Crippen molar-refractivity contribution in [2.24, 2.45) is 0 Å². The van der Waals surface area contributed by atoms with Crippen molar-refractivity contribution in [3.8, 4) is 5.75 Å². The van der Waals surface area contributed by atoms with E-state index in [4.69, 9.17) is 0 Å². The van der Waals surface area contributed by atoms with Crippen LogP contribution in [0, 0.1) is 0 Å². The van der Waals surface area contributed by atoms with Crippen molar-refractivity contribution in [1.82, 2.24) is 0 Å². The number of anilines is 2. The normalized spacial score (nSPS) is 13.4. The Morgan fingerprint density at radius 1 is 1.09 bits per heavy atom. The molecule has 5 heteroatoms. The molecule has 0 fully saturated rings. The number of aryl methyl sites for hydroxylation is 1. The fourth-order valence-electron chi connectivity index (χ4n) is 2.64. The summed E-state index contributed by atoms with van der Waals surface area (Å²) in [6.07, 6.45) is 1.75. The molecule has 0 atom stereocenters. The lowest BCUT2D eigenvalue weighted by molar-refractivity contribution is -0.134. The van der Waals surface area contributed by atoms with Gasteiger partial charge in [0.15, 0.2) is 0 Å². The van der Waals surface area contributed by atoms with Crippen molar-refractivity contribution in [3.63, 3.8) is 0 Å². The molecule has 3 rings (SSSR count). The first-order valence-electron chi connectivity index (χ1n) is 7.15. The molecule has 0 saturated carbocycles. The standard InChI is InChI=1S/C17H16N2O3/c20-14-8-3-7-13(11-14)18-16(21)17(22)19-10-4-6-12-5-1-2-9-15(12)19/h1-3,5,7-9,11,20H,4,6,10H2,(H,18,21). The number of aromatic hydroxyl groups is 1. The summed E-state index contributed by atoms with van der Waals surface area (Å²) in [7, 11) is 0. The largest absolute Gasteiger partial charge is 0.508 e. The summed E-state index contributed by atoms with van der Waals surface area (Å²) in [5.41, 5.74) is 2.26. The van der Waals surface area contributed by atoms with Gasteiger partial charge < -0.3 is 15.3 Å². The van der Waals surface area contributed by atoms with E-state index in [0.29, 0.717) is 12.2 Å². The van der Waals surface area contributed by atoms with Crippen LogP contribution < -0.4 is 10.2 Å². The van der Waals surface area contributed by atoms with Crippen LogP contribution in [0.4, 0.5) is 11.4 Å². The average Bonchev–Trinajstić information content (AvgIpc) is 2.53. The highest BCUT2D eigenvalue weighted by atomic mass is 16.3. The zero-order valence-corrected chi connectivity index (χ0v) is 12.0. The lowest BCUT2D eigenvalue weighted by Crippen LogP contribution is -2.42. The third-order valence-electron chi connectivity index (χ3n) is 3.65. The predicted octanol–water partition coefficient (Wildman–Crippen LogP) is 2.31. The number of nitrogens with zero attached hydrogens (tertiary/aromatic N) is 1. The molecule has 0 saturated heterocycles. The van der Waals surface area contributed by atoms with E-state index in [-0.39, 0.29) is 5.75 Å². The smallest absolute Gasteiger partial charge is 0.316 e. The van der Waals surface area contributed by atoms with Gasteiger partial charge in [-0.1, -0.05) is 24.3 Å². The van der Waals surface area contributed by atoms with E-state index in [1.807, 2.05) is 24.3 Å². The molecule has 0 unspecified atom stereocenters. The number of phenols is 1. The van der Waals surface area contributed by atoms with E-state index >= 15 is 0 Å². The number of hydrogen-bond acceptors (Lipinski definition) is 3. The molecule has 0 aromatic heterocycles. The maximum atomic E-state index is 12.4. The van der Waals surface area contributed by atoms with Crippen molar-refractivity contribution in [3.05, 3.63) is 54.1 Å². The number of amides is 2. The molecule has 0 aliphatic carbocycles. The molecule has 2 aromatic carbocycles. The van der Waals surface area contributed by atoms with Crippen molar-refractivity contribution in [1.29, 1.82) is 0 Å². The topological polar surface area (TPSA) is 69.6 Å². The van der Waals surface area contributed by atoms with Crippen LogP contribution >= 0.6 is 0 Å². The summed E-state index contributed by atoms with van der Waals surface area (Å²) in [6, 6.07) is 13.7. The van der Waals surface area contributed by atoms with Gasteiger partial charge >= 0.3 is 11.8 Å². The van der Waals surface area contributed by atoms with Crippen LogP contribution in [-0.4, -0.2) is 23.5 Å². The fourth-order valence-corrected chi connectivity index (χ4v) is 2.64. The number of para-hydroxylation sites is 1. The highest BCUT2D eigenvalue weighted by molar-refractivity contribution is 6.44. The third kappa shape index (κ3) is 2.79. The monoisotopic (exact) mass is 296 g/mol. The minimum absolute atomic E-state index is 0.0357. The van der Waals surface area contributed by atoms with Crippen molar-refractivity contribution in [2.45, 2.75) is 12.8 Å². The van der Waals surface area contributed by atoms with E-state index < -0.39 is 11.8 Å². The first-order valence-corrected chi connectivity index (χ1v) is 7.15. The van der Waals surface area contributed by atoms with Crippen LogP contribution in [0.2, 0.25) is 0 Å². The molecule has 0 bridgehead atoms. The highest BCUT2D eigenvalue weighted by Crippen LogP contribution is 2.27. The second-order valence-corrected chi connectivity index (χ2v) is 5.19. The SMILES string of the molecule is O=C(Nc1cccc(O)c1)C(=O)N1CCCc2ccccc21. The number of rotatable bonds is 1. The number of hydrogen-bond donors (Lipinski definition) is 2. The summed E-state index contributed by atoms with van der Waals surface area (Å²) in [4.78, 5) is 26.1. The van der Waals surface area contributed by atoms with Crippen LogP contribution in [0.5, 0.6) is 5.75 Å². The molecule has 112 valence electrons. The van der Waals surface area contributed by atoms with Gasteiger partial charge in [0.25, 0.3) is 0 Å². The Balaban J connectivity index is 1.78. The van der Waals surface area contributed by atoms with Gasteiger partial charge in [-0.2, -0.15) is 0 Å². The molecule has 5 nitrogen and oxygen atoms in total. The Morgan fingerprint density at radius 2 is 1.91 bits per heavy atom. The molecule has 2 amide bonds. The Morgan fingerprint density at radius 3 is 2.73 bits per heavy atom. The Bertz CT molecular complexity index is 727. The summed E-state index contributed by atoms with van der Waals surface area (Å²) in [5.74, 6) is -1.26. The first kappa shape index (κ1) is 14.1. The Hall–Kier alpha value is -2.82. The lowest BCUT2D eigenvalue weighted by Gasteiger charge is -2.28. The zero-order chi connectivity index (χ0) is 15.5. The van der Waals surface area contributed by atoms with Gasteiger partial charge in [-0.3, -0.25) is 9.59 Å². The molecule has 0 radical (unpaired) electrons. The summed E-state index contributed by atoms with van der Waals surface area (Å²) >= 11 is 0. The molecule has 1 aliphatic heterocycles. The maximum Gasteiger partial charge on any atom is 0.316 e. The van der Waals surface area contributed by atoms with Gasteiger partial charge in [0.05, 0.1) is 0 Å². The first-order chi connectivity index (χ1) is 10.6. The fraction of sp³-hybridized carbons (Fsp3) is 0.176. The number of carbonyl (C=O) groups excluding carboxylic acids is 2. The summed E-state index contributed by atoms with van der Waals surface area (Å²) in [6.45, 7) is 0.531. The minimum atomic E-state index is -0.706. The van der Waals surface area contributed by atoms with Gasteiger partial charge in [0, 0.05) is 24.0 Å². The van der Waals surface area contributed by atoms with E-state index in [9.17, 15) is 14.7 Å². The van der Waals surface area contributed by atoms with Gasteiger partial charge in [-0.15, -0.1) is 0 Å². The van der Waals surface area contributed by atoms with E-state index in [1.165, 1.54) is 17.0 Å². The van der Waals surface area contributed by atoms with Crippen molar-refractivity contribution in [2.75, 3.05) is 16.8 Å². The van der Waals surface area contributed by atoms with Gasteiger partial charge in [-0.25, -0.2) is 0 Å². The van der Waals surface area contributed by atoms with Gasteiger partial charge in [0.2, 0.25) is 0 Å². The number of nitrogens with one attached hydrogen (secondary N) is 1. The molecule has 2 N–H and O–H groups in total. The van der Waals surface area contributed by atoms with E-state index in [0.717, 1.165) is 24.1 Å². The third-order valence-corrected chi connectivity index (χ3v) is 3.65. The maximum absolute atomic E-state index is 12.4. The molecular formula is C17H16N2O3. The lowest BCUT2D eigenvalue weighted by atomic mass is 10.0. The van der Waals surface area contributed by atoms with Crippen molar-refractivity contribution >= 4 is 23.2 Å². The average molecular weight is 296 g/mol. The summed E-state index contributed by atoms with van der Waals surface area (Å²) in [5, 5.41) is 11.9. The van der Waals surface area contributed by atoms with Crippen LogP contribution in [0.1, 0.15) is 12.0 Å². The Labute approximate surface area is 128 Å². The van der Waals surface area contributed by atoms with Crippen LogP contribution in [0.15, 0.2) is 48.5 Å². The summed E-state index contributed by atoms with van der Waals surface area (Å²) < 4.78 is 0. The molecule has 1 heterocycles. The number of fused-ring (bicyclic) bond motifs is 1. The second kappa shape index (κ2) is 5.89. The highest BCUT2D eigenvalue weighted by Gasteiger charge is 2.27. The van der Waals surface area contributed by atoms with Crippen LogP contribution in [0.3, 0.4) is 0 Å². The Kier molecular flexibility index (Phi) is 3.78. The van der Waals surface area contributed by atoms with Gasteiger partial charge in [-0.05, 0) is 36.6 Å². The molecule has 22 heavy (non-hydrogen) atoms. The molecule has 1 aliphatic rings. The molecule has 0 spiro atoms. The van der Waals surface area contributed by atoms with E-state index in [2.05, 4.69) is 5.32 Å². The number of benzene rings is 2. The van der Waals surface area contributed by atoms with E-state index in [1.54, 1.807) is 12.1 Å². The van der Waals surface area contributed by atoms with Gasteiger partial charge in [0.1, 0.15) is 5.75 Å². The van der Waals surface area contributed by atoms with Crippen LogP contribution in [-0.2, 0) is 16.0 Å². The van der Waals surface area contributed by atoms with Crippen LogP contribution in [0.25, 0.3) is 0 Å². The van der Waals surface area contributed by atoms with Crippen molar-refractivity contribution < 1.29 is 14.7 Å². The zero-order valence-electron chi connectivity index (χ0n) is 12.0. The molecular weight excluding hydrogens is 280 g/mol. The predicted molar refractivity (Wildman–Crippen MR) is 83.9 cm³/mol. The quantitative estimate of drug-likeness (QED) is 0.793. The number of phenolic OH excluding ortho intramolecular Hbond substituents is 1. The molecule has 2 aromatic rings. The second-order valence-electron chi connectivity index (χ2n) is 5.19. The minimum Gasteiger partial charge on any atom is -0.508 e.